The minimum Gasteiger partial charge on any atom is -0.356 e. The average Bonchev–Trinajstić information content (AvgIpc) is 3.32. The molecule has 5 rings (SSSR count). The lowest BCUT2D eigenvalue weighted by atomic mass is 9.83. The molecule has 0 saturated carbocycles. The van der Waals surface area contributed by atoms with Crippen LogP contribution >= 0.6 is 0 Å². The third-order valence-electron chi connectivity index (χ3n) is 8.45. The number of allylic oxidation sites excluding steroid dienone is 2. The van der Waals surface area contributed by atoms with Gasteiger partial charge in [-0.05, 0) is 88.1 Å². The van der Waals surface area contributed by atoms with Crippen molar-refractivity contribution in [2.45, 2.75) is 86.0 Å². The monoisotopic (exact) mass is 542 g/mol. The van der Waals surface area contributed by atoms with Gasteiger partial charge in [-0.3, -0.25) is 4.99 Å². The van der Waals surface area contributed by atoms with E-state index in [1.165, 1.54) is 53.9 Å². The van der Waals surface area contributed by atoms with E-state index in [1.54, 1.807) is 6.33 Å². The van der Waals surface area contributed by atoms with Gasteiger partial charge in [0.15, 0.2) is 0 Å². The van der Waals surface area contributed by atoms with Crippen LogP contribution in [-0.2, 0) is 11.8 Å². The smallest absolute Gasteiger partial charge is 0.139 e. The van der Waals surface area contributed by atoms with Gasteiger partial charge in [-0.1, -0.05) is 52.5 Å². The Morgan fingerprint density at radius 1 is 1.15 bits per heavy atom. The Kier molecular flexibility index (Phi) is 9.83. The van der Waals surface area contributed by atoms with Crippen LogP contribution in [0.5, 0.6) is 0 Å². The molecule has 0 aliphatic carbocycles. The molecule has 0 bridgehead atoms. The van der Waals surface area contributed by atoms with Gasteiger partial charge in [0.05, 0.1) is 5.70 Å². The molecule has 2 fully saturated rings. The van der Waals surface area contributed by atoms with E-state index >= 15 is 0 Å². The number of aryl methyl sites for hydroxylation is 1. The van der Waals surface area contributed by atoms with Crippen LogP contribution < -0.4 is 15.5 Å². The summed E-state index contributed by atoms with van der Waals surface area (Å²) in [5.74, 6) is 3.39. The van der Waals surface area contributed by atoms with Crippen molar-refractivity contribution in [3.05, 3.63) is 65.1 Å². The van der Waals surface area contributed by atoms with Crippen molar-refractivity contribution in [2.75, 3.05) is 36.4 Å². The van der Waals surface area contributed by atoms with Crippen molar-refractivity contribution < 1.29 is 0 Å². The zero-order valence-electron chi connectivity index (χ0n) is 25.9. The molecule has 1 atom stereocenters. The van der Waals surface area contributed by atoms with Gasteiger partial charge in [-0.15, -0.1) is 0 Å². The second-order valence-corrected chi connectivity index (χ2v) is 12.8. The quantitative estimate of drug-likeness (QED) is 0.397. The van der Waals surface area contributed by atoms with Crippen LogP contribution in [-0.4, -0.2) is 41.9 Å². The highest BCUT2D eigenvalue weighted by atomic mass is 15.2. The molecule has 216 valence electrons. The number of anilines is 2. The minimum atomic E-state index is 0.119. The summed E-state index contributed by atoms with van der Waals surface area (Å²) in [6, 6.07) is 6.75. The van der Waals surface area contributed by atoms with Crippen molar-refractivity contribution in [3.63, 3.8) is 0 Å². The molecule has 2 saturated heterocycles. The van der Waals surface area contributed by atoms with Crippen LogP contribution in [0.4, 0.5) is 11.6 Å². The van der Waals surface area contributed by atoms with Crippen molar-refractivity contribution in [1.29, 1.82) is 0 Å². The first-order valence-electron chi connectivity index (χ1n) is 15.1. The van der Waals surface area contributed by atoms with Gasteiger partial charge in [0.1, 0.15) is 18.0 Å². The Bertz CT molecular complexity index is 1240. The topological polar surface area (TPSA) is 65.4 Å². The number of benzene rings is 1. The van der Waals surface area contributed by atoms with Gasteiger partial charge < -0.3 is 15.5 Å². The number of aliphatic imine (C=N–C) groups is 1. The van der Waals surface area contributed by atoms with E-state index in [0.29, 0.717) is 5.92 Å². The van der Waals surface area contributed by atoms with Crippen molar-refractivity contribution in [1.82, 2.24) is 15.3 Å². The molecule has 4 heterocycles. The SMILES string of the molecule is C=C1Cc2c(ncnc2N2CCC(C(C)=N/C(=C\C)c3ccc(C)c(C(C)(C)C)c3)CC2)N1.C[C@@H]1CCCNC1. The molecule has 6 nitrogen and oxygen atoms in total. The molecule has 0 radical (unpaired) electrons. The molecule has 6 heteroatoms. The van der Waals surface area contributed by atoms with Crippen LogP contribution in [0.25, 0.3) is 5.70 Å². The van der Waals surface area contributed by atoms with E-state index in [-0.39, 0.29) is 5.41 Å². The zero-order valence-corrected chi connectivity index (χ0v) is 25.9. The van der Waals surface area contributed by atoms with E-state index in [0.717, 1.165) is 61.3 Å². The van der Waals surface area contributed by atoms with Crippen LogP contribution in [0.3, 0.4) is 0 Å². The highest BCUT2D eigenvalue weighted by Crippen LogP contribution is 2.34. The fourth-order valence-corrected chi connectivity index (χ4v) is 6.07. The Balaban J connectivity index is 0.000000461. The van der Waals surface area contributed by atoms with Crippen molar-refractivity contribution in [2.24, 2.45) is 16.8 Å². The molecule has 2 aromatic rings. The standard InChI is InChI=1S/C28H37N5.C6H13N/c1-8-25(22-10-9-18(2)24(16-22)28(5,6)7)32-20(4)21-11-13-33(14-12-21)27-23-15-19(3)31-26(23)29-17-30-27;1-6-3-2-4-7-5-6/h8-10,16-17,21H,3,11-15H2,1-2,4-7H3,(H,29,30,31);6-7H,2-5H2,1H3/b25-8-,32-20?;/t;6-/m.1/s1. The second kappa shape index (κ2) is 13.1. The number of nitrogens with one attached hydrogen (secondary N) is 2. The van der Waals surface area contributed by atoms with Crippen LogP contribution in [0.15, 0.2) is 47.9 Å². The first kappa shape index (κ1) is 30.0. The van der Waals surface area contributed by atoms with Gasteiger partial charge >= 0.3 is 0 Å². The Labute approximate surface area is 242 Å². The normalized spacial score (nSPS) is 20.5. The fraction of sp³-hybridized carbons (Fsp3) is 0.559. The predicted octanol–water partition coefficient (Wildman–Crippen LogP) is 7.31. The van der Waals surface area contributed by atoms with Crippen LogP contribution in [0.2, 0.25) is 0 Å². The van der Waals surface area contributed by atoms with E-state index in [2.05, 4.69) is 105 Å². The first-order chi connectivity index (χ1) is 19.1. The van der Waals surface area contributed by atoms with E-state index < -0.39 is 0 Å². The van der Waals surface area contributed by atoms with Gasteiger partial charge in [-0.25, -0.2) is 9.97 Å². The number of fused-ring (bicyclic) bond motifs is 1. The summed E-state index contributed by atoms with van der Waals surface area (Å²) in [7, 11) is 0. The number of piperidine rings is 2. The maximum Gasteiger partial charge on any atom is 0.139 e. The summed E-state index contributed by atoms with van der Waals surface area (Å²) in [6.45, 7) is 24.1. The molecule has 0 unspecified atom stereocenters. The minimum absolute atomic E-state index is 0.119. The van der Waals surface area contributed by atoms with Gasteiger partial charge in [0, 0.05) is 48.0 Å². The molecular weight excluding hydrogens is 492 g/mol. The van der Waals surface area contributed by atoms with Crippen molar-refractivity contribution >= 4 is 23.0 Å². The molecule has 0 spiro atoms. The largest absolute Gasteiger partial charge is 0.356 e. The molecule has 3 aliphatic heterocycles. The molecule has 40 heavy (non-hydrogen) atoms. The summed E-state index contributed by atoms with van der Waals surface area (Å²) in [6.07, 6.45) is 9.57. The maximum absolute atomic E-state index is 5.12. The Morgan fingerprint density at radius 3 is 2.50 bits per heavy atom. The summed E-state index contributed by atoms with van der Waals surface area (Å²) in [5, 5.41) is 6.60. The van der Waals surface area contributed by atoms with Gasteiger partial charge in [0.25, 0.3) is 0 Å². The summed E-state index contributed by atoms with van der Waals surface area (Å²) in [4.78, 5) is 16.5. The molecule has 0 amide bonds. The van der Waals surface area contributed by atoms with E-state index in [9.17, 15) is 0 Å². The second-order valence-electron chi connectivity index (χ2n) is 12.8. The molecule has 1 aromatic heterocycles. The van der Waals surface area contributed by atoms with E-state index in [4.69, 9.17) is 4.99 Å². The summed E-state index contributed by atoms with van der Waals surface area (Å²) >= 11 is 0. The molecular formula is C34H50N6. The molecule has 1 aromatic carbocycles. The fourth-order valence-electron chi connectivity index (χ4n) is 6.07. The van der Waals surface area contributed by atoms with Crippen LogP contribution in [0, 0.1) is 18.8 Å². The lowest BCUT2D eigenvalue weighted by Crippen LogP contribution is -2.36. The highest BCUT2D eigenvalue weighted by Gasteiger charge is 2.27. The predicted molar refractivity (Wildman–Crippen MR) is 171 cm³/mol. The lowest BCUT2D eigenvalue weighted by molar-refractivity contribution is 0.405. The third kappa shape index (κ3) is 7.39. The highest BCUT2D eigenvalue weighted by molar-refractivity contribution is 5.90. The molecule has 2 N–H and O–H groups in total. The van der Waals surface area contributed by atoms with Gasteiger partial charge in [-0.2, -0.15) is 0 Å². The average molecular weight is 543 g/mol. The number of nitrogens with zero attached hydrogens (tertiary/aromatic N) is 4. The number of hydrogen-bond acceptors (Lipinski definition) is 6. The van der Waals surface area contributed by atoms with E-state index in [1.807, 2.05) is 0 Å². The summed E-state index contributed by atoms with van der Waals surface area (Å²) in [5.41, 5.74) is 8.51. The van der Waals surface area contributed by atoms with Crippen LogP contribution in [0.1, 0.15) is 89.5 Å². The number of rotatable bonds is 4. The van der Waals surface area contributed by atoms with Crippen molar-refractivity contribution in [3.8, 4) is 0 Å². The maximum atomic E-state index is 5.12. The first-order valence-corrected chi connectivity index (χ1v) is 15.1. The zero-order chi connectivity index (χ0) is 28.9. The Hall–Kier alpha value is -2.99. The number of hydrogen-bond donors (Lipinski definition) is 2. The Morgan fingerprint density at radius 2 is 1.90 bits per heavy atom. The lowest BCUT2D eigenvalue weighted by Gasteiger charge is -2.33. The third-order valence-corrected chi connectivity index (χ3v) is 8.45. The molecule has 3 aliphatic rings. The summed E-state index contributed by atoms with van der Waals surface area (Å²) < 4.78 is 0. The number of aromatic nitrogens is 2. The van der Waals surface area contributed by atoms with Gasteiger partial charge in [0.2, 0.25) is 0 Å².